The summed E-state index contributed by atoms with van der Waals surface area (Å²) in [4.78, 5) is 4.03. The van der Waals surface area contributed by atoms with Crippen LogP contribution in [0, 0.1) is 5.82 Å². The van der Waals surface area contributed by atoms with Crippen LogP contribution < -0.4 is 10.6 Å². The summed E-state index contributed by atoms with van der Waals surface area (Å²) in [6.45, 7) is 4.73. The first kappa shape index (κ1) is 17.4. The lowest BCUT2D eigenvalue weighted by Crippen LogP contribution is -2.36. The van der Waals surface area contributed by atoms with Crippen molar-refractivity contribution in [3.63, 3.8) is 0 Å². The van der Waals surface area contributed by atoms with E-state index in [1.165, 1.54) is 12.1 Å². The molecule has 18 heavy (non-hydrogen) atoms. The maximum atomic E-state index is 13.0. The molecule has 1 aromatic carbocycles. The topological polar surface area (TPSA) is 36.4 Å². The zero-order valence-electron chi connectivity index (χ0n) is 10.0. The summed E-state index contributed by atoms with van der Waals surface area (Å²) in [5.41, 5.74) is 0.839. The van der Waals surface area contributed by atoms with Crippen LogP contribution in [0.15, 0.2) is 40.3 Å². The Hall–Kier alpha value is -0.630. The number of guanidine groups is 1. The molecule has 1 rings (SSSR count). The highest BCUT2D eigenvalue weighted by Gasteiger charge is 2.02. The van der Waals surface area contributed by atoms with Gasteiger partial charge in [-0.05, 0) is 23.8 Å². The fourth-order valence-corrected chi connectivity index (χ4v) is 1.63. The quantitative estimate of drug-likeness (QED) is 0.335. The summed E-state index contributed by atoms with van der Waals surface area (Å²) in [6.07, 6.45) is 1.74. The summed E-state index contributed by atoms with van der Waals surface area (Å²) in [6, 6.07) is 4.59. The van der Waals surface area contributed by atoms with Gasteiger partial charge in [0.05, 0.1) is 0 Å². The van der Waals surface area contributed by atoms with Crippen molar-refractivity contribution in [1.29, 1.82) is 0 Å². The Bertz CT molecular complexity index is 424. The number of nitrogens with one attached hydrogen (secondary N) is 2. The second-order valence-electron chi connectivity index (χ2n) is 3.33. The van der Waals surface area contributed by atoms with Crippen LogP contribution in [0.5, 0.6) is 0 Å². The Morgan fingerprint density at radius 3 is 2.83 bits per heavy atom. The lowest BCUT2D eigenvalue weighted by molar-refractivity contribution is 0.624. The monoisotopic (exact) mass is 427 g/mol. The molecule has 0 aliphatic rings. The van der Waals surface area contributed by atoms with Crippen molar-refractivity contribution >= 4 is 45.9 Å². The molecule has 0 heterocycles. The van der Waals surface area contributed by atoms with E-state index in [0.29, 0.717) is 19.0 Å². The summed E-state index contributed by atoms with van der Waals surface area (Å²) < 4.78 is 13.9. The van der Waals surface area contributed by atoms with E-state index in [-0.39, 0.29) is 29.8 Å². The van der Waals surface area contributed by atoms with Gasteiger partial charge in [0.1, 0.15) is 5.82 Å². The van der Waals surface area contributed by atoms with Crippen LogP contribution in [0.25, 0.3) is 0 Å². The SMILES string of the molecule is C=CCNC(=NC)NCc1cc(F)ccc1Br.I. The maximum Gasteiger partial charge on any atom is 0.191 e. The van der Waals surface area contributed by atoms with E-state index in [0.717, 1.165) is 10.0 Å². The third-order valence-corrected chi connectivity index (χ3v) is 2.87. The van der Waals surface area contributed by atoms with E-state index < -0.39 is 0 Å². The number of benzene rings is 1. The molecule has 0 fully saturated rings. The van der Waals surface area contributed by atoms with Gasteiger partial charge in [-0.15, -0.1) is 30.6 Å². The Morgan fingerprint density at radius 2 is 2.22 bits per heavy atom. The Balaban J connectivity index is 0.00000289. The number of hydrogen-bond acceptors (Lipinski definition) is 1. The highest BCUT2D eigenvalue weighted by molar-refractivity contribution is 14.0. The first-order valence-corrected chi connectivity index (χ1v) is 5.96. The predicted molar refractivity (Wildman–Crippen MR) is 87.9 cm³/mol. The van der Waals surface area contributed by atoms with Crippen LogP contribution in [0.1, 0.15) is 5.56 Å². The van der Waals surface area contributed by atoms with Crippen molar-refractivity contribution in [2.45, 2.75) is 6.54 Å². The average molecular weight is 428 g/mol. The second kappa shape index (κ2) is 9.32. The molecule has 0 bridgehead atoms. The van der Waals surface area contributed by atoms with Gasteiger partial charge in [0.15, 0.2) is 5.96 Å². The van der Waals surface area contributed by atoms with Crippen LogP contribution in [0.4, 0.5) is 4.39 Å². The van der Waals surface area contributed by atoms with Gasteiger partial charge in [-0.2, -0.15) is 0 Å². The molecule has 0 aliphatic heterocycles. The molecule has 0 spiro atoms. The van der Waals surface area contributed by atoms with E-state index in [1.807, 2.05) is 0 Å². The Morgan fingerprint density at radius 1 is 1.50 bits per heavy atom. The molecule has 0 amide bonds. The molecule has 1 aromatic rings. The number of hydrogen-bond donors (Lipinski definition) is 2. The summed E-state index contributed by atoms with van der Waals surface area (Å²) in [5.74, 6) is 0.403. The molecule has 0 aliphatic carbocycles. The second-order valence-corrected chi connectivity index (χ2v) is 4.19. The van der Waals surface area contributed by atoms with E-state index in [4.69, 9.17) is 0 Å². The van der Waals surface area contributed by atoms with Crippen LogP contribution in [-0.2, 0) is 6.54 Å². The molecule has 100 valence electrons. The average Bonchev–Trinajstić information content (AvgIpc) is 2.33. The first-order chi connectivity index (χ1) is 8.17. The fraction of sp³-hybridized carbons (Fsp3) is 0.250. The molecule has 3 nitrogen and oxygen atoms in total. The maximum absolute atomic E-state index is 13.0. The first-order valence-electron chi connectivity index (χ1n) is 5.16. The predicted octanol–water partition coefficient (Wildman–Crippen LogP) is 3.06. The minimum Gasteiger partial charge on any atom is -0.353 e. The number of aliphatic imine (C=N–C) groups is 1. The van der Waals surface area contributed by atoms with Gasteiger partial charge in [-0.25, -0.2) is 4.39 Å². The lowest BCUT2D eigenvalue weighted by Gasteiger charge is -2.11. The normalized spacial score (nSPS) is 10.5. The molecular weight excluding hydrogens is 412 g/mol. The minimum atomic E-state index is -0.251. The third kappa shape index (κ3) is 5.81. The van der Waals surface area contributed by atoms with E-state index in [9.17, 15) is 4.39 Å². The van der Waals surface area contributed by atoms with Crippen molar-refractivity contribution in [1.82, 2.24) is 10.6 Å². The number of nitrogens with zero attached hydrogens (tertiary/aromatic N) is 1. The van der Waals surface area contributed by atoms with Crippen LogP contribution in [0.3, 0.4) is 0 Å². The van der Waals surface area contributed by atoms with Gasteiger partial charge in [0, 0.05) is 24.6 Å². The van der Waals surface area contributed by atoms with Gasteiger partial charge in [-0.3, -0.25) is 4.99 Å². The largest absolute Gasteiger partial charge is 0.353 e. The lowest BCUT2D eigenvalue weighted by atomic mass is 10.2. The zero-order chi connectivity index (χ0) is 12.7. The minimum absolute atomic E-state index is 0. The molecule has 0 saturated carbocycles. The van der Waals surface area contributed by atoms with Gasteiger partial charge < -0.3 is 10.6 Å². The molecule has 0 saturated heterocycles. The van der Waals surface area contributed by atoms with Crippen LogP contribution in [-0.4, -0.2) is 19.6 Å². The van der Waals surface area contributed by atoms with Gasteiger partial charge in [-0.1, -0.05) is 22.0 Å². The van der Waals surface area contributed by atoms with Crippen molar-refractivity contribution in [3.05, 3.63) is 46.7 Å². The molecule has 0 aromatic heterocycles. The molecule has 2 N–H and O–H groups in total. The Labute approximate surface area is 132 Å². The molecule has 0 radical (unpaired) electrons. The fourth-order valence-electron chi connectivity index (χ4n) is 1.25. The van der Waals surface area contributed by atoms with Gasteiger partial charge in [0.25, 0.3) is 0 Å². The molecule has 0 atom stereocenters. The Kier molecular flexibility index (Phi) is 8.99. The van der Waals surface area contributed by atoms with Gasteiger partial charge >= 0.3 is 0 Å². The van der Waals surface area contributed by atoms with E-state index >= 15 is 0 Å². The standard InChI is InChI=1S/C12H15BrFN3.HI/c1-3-6-16-12(15-2)17-8-9-7-10(14)4-5-11(9)13;/h3-5,7H,1,6,8H2,2H3,(H2,15,16,17);1H. The molecule has 0 unspecified atom stereocenters. The smallest absolute Gasteiger partial charge is 0.191 e. The molecule has 6 heteroatoms. The highest BCUT2D eigenvalue weighted by Crippen LogP contribution is 2.17. The van der Waals surface area contributed by atoms with Crippen molar-refractivity contribution in [3.8, 4) is 0 Å². The van der Waals surface area contributed by atoms with Crippen molar-refractivity contribution in [2.75, 3.05) is 13.6 Å². The van der Waals surface area contributed by atoms with Gasteiger partial charge in [0.2, 0.25) is 0 Å². The summed E-state index contributed by atoms with van der Waals surface area (Å²) in [7, 11) is 1.68. The third-order valence-electron chi connectivity index (χ3n) is 2.09. The zero-order valence-corrected chi connectivity index (χ0v) is 14.0. The van der Waals surface area contributed by atoms with Crippen molar-refractivity contribution < 1.29 is 4.39 Å². The number of rotatable bonds is 4. The number of halogens is 3. The molecular formula is C12H16BrFIN3. The van der Waals surface area contributed by atoms with Crippen LogP contribution >= 0.6 is 39.9 Å². The van der Waals surface area contributed by atoms with Crippen molar-refractivity contribution in [2.24, 2.45) is 4.99 Å². The summed E-state index contributed by atoms with van der Waals surface area (Å²) in [5, 5.41) is 6.12. The highest BCUT2D eigenvalue weighted by atomic mass is 127. The van der Waals surface area contributed by atoms with E-state index in [2.05, 4.69) is 38.1 Å². The van der Waals surface area contributed by atoms with Crippen LogP contribution in [0.2, 0.25) is 0 Å². The summed E-state index contributed by atoms with van der Waals surface area (Å²) >= 11 is 3.37. The van der Waals surface area contributed by atoms with E-state index in [1.54, 1.807) is 19.2 Å².